The first-order valence-corrected chi connectivity index (χ1v) is 8.57. The fourth-order valence-corrected chi connectivity index (χ4v) is 3.05. The van der Waals surface area contributed by atoms with Crippen molar-refractivity contribution in [2.75, 3.05) is 6.61 Å². The number of benzene rings is 1. The van der Waals surface area contributed by atoms with Gasteiger partial charge in [-0.1, -0.05) is 30.3 Å². The van der Waals surface area contributed by atoms with Crippen LogP contribution in [-0.2, 0) is 9.53 Å². The van der Waals surface area contributed by atoms with Gasteiger partial charge < -0.3 is 9.30 Å². The van der Waals surface area contributed by atoms with E-state index in [0.717, 1.165) is 29.8 Å². The molecule has 0 radical (unpaired) electrons. The fraction of sp³-hybridized carbons (Fsp3) is 0.286. The van der Waals surface area contributed by atoms with Crippen molar-refractivity contribution in [3.8, 4) is 6.07 Å². The highest BCUT2D eigenvalue weighted by Gasteiger charge is 2.27. The smallest absolute Gasteiger partial charge is 0.349 e. The third-order valence-corrected chi connectivity index (χ3v) is 4.51. The number of aromatic nitrogens is 1. The van der Waals surface area contributed by atoms with Crippen molar-refractivity contribution < 1.29 is 14.3 Å². The van der Waals surface area contributed by atoms with Gasteiger partial charge in [-0.2, -0.15) is 5.26 Å². The van der Waals surface area contributed by atoms with E-state index < -0.39 is 5.97 Å². The summed E-state index contributed by atoms with van der Waals surface area (Å²) in [5, 5.41) is 9.32. The van der Waals surface area contributed by atoms with Crippen molar-refractivity contribution in [3.05, 3.63) is 64.5 Å². The minimum absolute atomic E-state index is 0.109. The number of carbonyl (C=O) groups excluding carboxylic acids is 2. The standard InChI is InChI=1S/C21H20N2O3/c1-14-10-17(15(2)23(14)19-8-9-19)11-18(12-22)21(25)26-13-20(24)16-6-4-3-5-7-16/h3-7,10-11,19H,8-9,13H2,1-2H3/b18-11+. The number of Topliss-reactive ketones (excluding diaryl/α,β-unsaturated/α-hetero) is 1. The Morgan fingerprint density at radius 2 is 1.96 bits per heavy atom. The molecule has 26 heavy (non-hydrogen) atoms. The molecule has 0 saturated heterocycles. The average molecular weight is 348 g/mol. The van der Waals surface area contributed by atoms with Crippen molar-refractivity contribution >= 4 is 17.8 Å². The molecule has 1 aliphatic carbocycles. The quantitative estimate of drug-likeness (QED) is 0.345. The molecule has 1 fully saturated rings. The van der Waals surface area contributed by atoms with E-state index in [4.69, 9.17) is 4.74 Å². The van der Waals surface area contributed by atoms with Gasteiger partial charge in [0.1, 0.15) is 11.6 Å². The van der Waals surface area contributed by atoms with Gasteiger partial charge in [-0.15, -0.1) is 0 Å². The summed E-state index contributed by atoms with van der Waals surface area (Å²) in [6.07, 6.45) is 3.86. The number of nitrogens with zero attached hydrogens (tertiary/aromatic N) is 2. The molecule has 0 amide bonds. The summed E-state index contributed by atoms with van der Waals surface area (Å²) in [5.74, 6) is -1.09. The van der Waals surface area contributed by atoms with Gasteiger partial charge in [-0.05, 0) is 44.4 Å². The van der Waals surface area contributed by atoms with Crippen LogP contribution in [0.15, 0.2) is 42.0 Å². The molecule has 132 valence electrons. The molecule has 1 aliphatic rings. The minimum Gasteiger partial charge on any atom is -0.453 e. The van der Waals surface area contributed by atoms with Crippen molar-refractivity contribution in [3.63, 3.8) is 0 Å². The van der Waals surface area contributed by atoms with Crippen LogP contribution < -0.4 is 0 Å². The highest BCUT2D eigenvalue weighted by atomic mass is 16.5. The summed E-state index contributed by atoms with van der Waals surface area (Å²) in [6.45, 7) is 3.62. The Labute approximate surface area is 152 Å². The van der Waals surface area contributed by atoms with Gasteiger partial charge in [-0.25, -0.2) is 4.79 Å². The summed E-state index contributed by atoms with van der Waals surface area (Å²) in [5.41, 5.74) is 3.34. The SMILES string of the molecule is Cc1cc(/C=C(\C#N)C(=O)OCC(=O)c2ccccc2)c(C)n1C1CC1. The molecule has 5 heteroatoms. The second-order valence-corrected chi connectivity index (χ2v) is 6.46. The second-order valence-electron chi connectivity index (χ2n) is 6.46. The number of hydrogen-bond acceptors (Lipinski definition) is 4. The maximum atomic E-state index is 12.2. The fourth-order valence-electron chi connectivity index (χ4n) is 3.05. The van der Waals surface area contributed by atoms with Crippen LogP contribution in [0.1, 0.15) is 46.2 Å². The van der Waals surface area contributed by atoms with Gasteiger partial charge in [0, 0.05) is 23.0 Å². The number of carbonyl (C=O) groups is 2. The van der Waals surface area contributed by atoms with E-state index in [-0.39, 0.29) is 18.0 Å². The Kier molecular flexibility index (Phi) is 5.04. The number of aryl methyl sites for hydroxylation is 1. The molecule has 5 nitrogen and oxygen atoms in total. The van der Waals surface area contributed by atoms with Crippen LogP contribution in [0.3, 0.4) is 0 Å². The van der Waals surface area contributed by atoms with Crippen LogP contribution >= 0.6 is 0 Å². The molecule has 0 atom stereocenters. The normalized spacial score (nSPS) is 14.0. The zero-order valence-electron chi connectivity index (χ0n) is 14.9. The summed E-state index contributed by atoms with van der Waals surface area (Å²) in [7, 11) is 0. The molecule has 0 N–H and O–H groups in total. The lowest BCUT2D eigenvalue weighted by atomic mass is 10.1. The maximum absolute atomic E-state index is 12.2. The van der Waals surface area contributed by atoms with Crippen molar-refractivity contribution in [1.29, 1.82) is 5.26 Å². The monoisotopic (exact) mass is 348 g/mol. The highest BCUT2D eigenvalue weighted by molar-refractivity contribution is 6.01. The lowest BCUT2D eigenvalue weighted by molar-refractivity contribution is -0.137. The van der Waals surface area contributed by atoms with Crippen LogP contribution in [0, 0.1) is 25.2 Å². The number of rotatable bonds is 6. The van der Waals surface area contributed by atoms with Gasteiger partial charge >= 0.3 is 5.97 Å². The molecule has 0 unspecified atom stereocenters. The van der Waals surface area contributed by atoms with Crippen LogP contribution in [0.2, 0.25) is 0 Å². The van der Waals surface area contributed by atoms with E-state index in [9.17, 15) is 14.9 Å². The number of hydrogen-bond donors (Lipinski definition) is 0. The topological polar surface area (TPSA) is 72.1 Å². The van der Waals surface area contributed by atoms with Crippen molar-refractivity contribution in [2.45, 2.75) is 32.7 Å². The van der Waals surface area contributed by atoms with E-state index in [1.54, 1.807) is 30.3 Å². The largest absolute Gasteiger partial charge is 0.453 e. The second kappa shape index (κ2) is 7.40. The summed E-state index contributed by atoms with van der Waals surface area (Å²) in [6, 6.07) is 13.0. The van der Waals surface area contributed by atoms with Gasteiger partial charge in [0.05, 0.1) is 0 Å². The van der Waals surface area contributed by atoms with Crippen LogP contribution in [0.4, 0.5) is 0 Å². The summed E-state index contributed by atoms with van der Waals surface area (Å²) >= 11 is 0. The summed E-state index contributed by atoms with van der Waals surface area (Å²) in [4.78, 5) is 24.2. The number of ether oxygens (including phenoxy) is 1. The molecule has 1 aromatic carbocycles. The van der Waals surface area contributed by atoms with Gasteiger partial charge in [0.15, 0.2) is 12.4 Å². The first kappa shape index (κ1) is 17.7. The molecule has 3 rings (SSSR count). The Morgan fingerprint density at radius 1 is 1.27 bits per heavy atom. The van der Waals surface area contributed by atoms with E-state index in [1.807, 2.05) is 26.0 Å². The first-order chi connectivity index (χ1) is 12.5. The van der Waals surface area contributed by atoms with E-state index in [2.05, 4.69) is 4.57 Å². The minimum atomic E-state index is -0.784. The molecule has 2 aromatic rings. The average Bonchev–Trinajstić information content (AvgIpc) is 3.44. The number of esters is 1. The lowest BCUT2D eigenvalue weighted by Crippen LogP contribution is -2.15. The van der Waals surface area contributed by atoms with Crippen molar-refractivity contribution in [1.82, 2.24) is 4.57 Å². The van der Waals surface area contributed by atoms with Crippen molar-refractivity contribution in [2.24, 2.45) is 0 Å². The van der Waals surface area contributed by atoms with Gasteiger partial charge in [0.25, 0.3) is 0 Å². The molecule has 0 bridgehead atoms. The molecule has 0 aliphatic heterocycles. The Morgan fingerprint density at radius 3 is 2.58 bits per heavy atom. The zero-order chi connectivity index (χ0) is 18.7. The van der Waals surface area contributed by atoms with Gasteiger partial charge in [0.2, 0.25) is 0 Å². The Bertz CT molecular complexity index is 913. The highest BCUT2D eigenvalue weighted by Crippen LogP contribution is 2.38. The molecule has 0 spiro atoms. The van der Waals surface area contributed by atoms with E-state index in [0.29, 0.717) is 11.6 Å². The predicted molar refractivity (Wildman–Crippen MR) is 97.5 cm³/mol. The number of ketones is 1. The Balaban J connectivity index is 1.71. The Hall–Kier alpha value is -3.13. The van der Waals surface area contributed by atoms with Gasteiger partial charge in [-0.3, -0.25) is 4.79 Å². The third kappa shape index (κ3) is 3.75. The van der Waals surface area contributed by atoms with E-state index in [1.165, 1.54) is 6.08 Å². The van der Waals surface area contributed by atoms with Crippen LogP contribution in [0.25, 0.3) is 6.08 Å². The molecule has 1 aromatic heterocycles. The van der Waals surface area contributed by atoms with Crippen LogP contribution in [-0.4, -0.2) is 22.9 Å². The maximum Gasteiger partial charge on any atom is 0.349 e. The molecular weight excluding hydrogens is 328 g/mol. The zero-order valence-corrected chi connectivity index (χ0v) is 14.9. The third-order valence-electron chi connectivity index (χ3n) is 4.51. The van der Waals surface area contributed by atoms with E-state index >= 15 is 0 Å². The number of nitriles is 1. The molecule has 1 saturated carbocycles. The lowest BCUT2D eigenvalue weighted by Gasteiger charge is -2.07. The van der Waals surface area contributed by atoms with Crippen LogP contribution in [0.5, 0.6) is 0 Å². The first-order valence-electron chi connectivity index (χ1n) is 8.57. The molecule has 1 heterocycles. The summed E-state index contributed by atoms with van der Waals surface area (Å²) < 4.78 is 7.28. The predicted octanol–water partition coefficient (Wildman–Crippen LogP) is 3.77. The molecular formula is C21H20N2O3.